The van der Waals surface area contributed by atoms with Gasteiger partial charge in [0.1, 0.15) is 5.82 Å². The van der Waals surface area contributed by atoms with Crippen molar-refractivity contribution in [2.24, 2.45) is 0 Å². The highest BCUT2D eigenvalue weighted by atomic mass is 16.5. The van der Waals surface area contributed by atoms with Crippen LogP contribution in [0.3, 0.4) is 0 Å². The Hall–Kier alpha value is -4.34. The third-order valence-corrected chi connectivity index (χ3v) is 4.46. The minimum Gasteiger partial charge on any atom is -0.493 e. The number of carbonyl (C=O) groups excluding carboxylic acids is 1. The lowest BCUT2D eigenvalue weighted by atomic mass is 10.1. The minimum absolute atomic E-state index is 0.228. The Morgan fingerprint density at radius 2 is 1.58 bits per heavy atom. The van der Waals surface area contributed by atoms with Crippen molar-refractivity contribution in [3.05, 3.63) is 60.4 Å². The molecule has 3 rings (SSSR count). The van der Waals surface area contributed by atoms with Gasteiger partial charge in [-0.25, -0.2) is 0 Å². The van der Waals surface area contributed by atoms with Crippen LogP contribution in [-0.4, -0.2) is 55.5 Å². The zero-order valence-corrected chi connectivity index (χ0v) is 18.7. The molecule has 33 heavy (non-hydrogen) atoms. The predicted molar refractivity (Wildman–Crippen MR) is 126 cm³/mol. The van der Waals surface area contributed by atoms with Gasteiger partial charge in [-0.3, -0.25) is 9.78 Å². The summed E-state index contributed by atoms with van der Waals surface area (Å²) in [7, 11) is 4.62. The standard InChI is InChI=1S/C23H26N6O4/c1-31-18-14-16(15-19(32-2)23(18)33-3)4-7-22(30)26-13-12-25-20-5-6-21(29-28-20)27-17-8-10-24-11-9-17/h4-11,14-15H,12-13H2,1-3H3,(H,25,28)(H,26,30)(H,24,27,29)/b7-4+. The number of benzene rings is 1. The van der Waals surface area contributed by atoms with E-state index in [0.29, 0.717) is 42.0 Å². The molecule has 0 unspecified atom stereocenters. The first-order chi connectivity index (χ1) is 16.1. The Balaban J connectivity index is 1.44. The number of ether oxygens (including phenoxy) is 3. The number of anilines is 3. The van der Waals surface area contributed by atoms with Crippen LogP contribution in [-0.2, 0) is 4.79 Å². The fraction of sp³-hybridized carbons (Fsp3) is 0.217. The highest BCUT2D eigenvalue weighted by molar-refractivity contribution is 5.91. The molecule has 0 aliphatic rings. The van der Waals surface area contributed by atoms with E-state index in [2.05, 4.69) is 31.1 Å². The highest BCUT2D eigenvalue weighted by Gasteiger charge is 2.12. The number of carbonyl (C=O) groups is 1. The highest BCUT2D eigenvalue weighted by Crippen LogP contribution is 2.38. The van der Waals surface area contributed by atoms with Crippen molar-refractivity contribution in [3.8, 4) is 17.2 Å². The number of pyridine rings is 1. The molecule has 0 fully saturated rings. The monoisotopic (exact) mass is 450 g/mol. The maximum Gasteiger partial charge on any atom is 0.244 e. The number of methoxy groups -OCH3 is 3. The van der Waals surface area contributed by atoms with E-state index >= 15 is 0 Å². The molecule has 0 atom stereocenters. The minimum atomic E-state index is -0.228. The van der Waals surface area contributed by atoms with Crippen LogP contribution in [0.2, 0.25) is 0 Å². The van der Waals surface area contributed by atoms with Gasteiger partial charge in [-0.2, -0.15) is 0 Å². The molecule has 10 nitrogen and oxygen atoms in total. The molecule has 0 radical (unpaired) electrons. The number of hydrogen-bond acceptors (Lipinski definition) is 9. The van der Waals surface area contributed by atoms with Crippen LogP contribution < -0.4 is 30.2 Å². The normalized spacial score (nSPS) is 10.5. The lowest BCUT2D eigenvalue weighted by Gasteiger charge is -2.12. The van der Waals surface area contributed by atoms with Crippen molar-refractivity contribution >= 4 is 29.3 Å². The average molecular weight is 450 g/mol. The Morgan fingerprint density at radius 1 is 0.909 bits per heavy atom. The Bertz CT molecular complexity index is 1050. The van der Waals surface area contributed by atoms with Gasteiger partial charge in [-0.1, -0.05) is 0 Å². The van der Waals surface area contributed by atoms with Crippen molar-refractivity contribution in [2.45, 2.75) is 0 Å². The molecule has 172 valence electrons. The Kier molecular flexibility index (Phi) is 8.41. The van der Waals surface area contributed by atoms with Gasteiger partial charge in [0, 0.05) is 37.2 Å². The second kappa shape index (κ2) is 11.9. The van der Waals surface area contributed by atoms with Gasteiger partial charge in [0.2, 0.25) is 11.7 Å². The lowest BCUT2D eigenvalue weighted by Crippen LogP contribution is -2.27. The first-order valence-electron chi connectivity index (χ1n) is 10.1. The van der Waals surface area contributed by atoms with E-state index < -0.39 is 0 Å². The third-order valence-electron chi connectivity index (χ3n) is 4.46. The second-order valence-corrected chi connectivity index (χ2v) is 6.67. The summed E-state index contributed by atoms with van der Waals surface area (Å²) in [6, 6.07) is 10.8. The quantitative estimate of drug-likeness (QED) is 0.299. The van der Waals surface area contributed by atoms with Gasteiger partial charge >= 0.3 is 0 Å². The van der Waals surface area contributed by atoms with Crippen LogP contribution in [0.4, 0.5) is 17.3 Å². The van der Waals surface area contributed by atoms with E-state index in [0.717, 1.165) is 11.3 Å². The van der Waals surface area contributed by atoms with Crippen LogP contribution in [0, 0.1) is 0 Å². The number of amides is 1. The number of rotatable bonds is 11. The van der Waals surface area contributed by atoms with Crippen molar-refractivity contribution in [3.63, 3.8) is 0 Å². The molecule has 0 spiro atoms. The van der Waals surface area contributed by atoms with Crippen molar-refractivity contribution < 1.29 is 19.0 Å². The molecule has 1 amide bonds. The maximum absolute atomic E-state index is 12.1. The second-order valence-electron chi connectivity index (χ2n) is 6.67. The summed E-state index contributed by atoms with van der Waals surface area (Å²) >= 11 is 0. The van der Waals surface area contributed by atoms with Gasteiger partial charge in [0.15, 0.2) is 17.3 Å². The molecule has 0 bridgehead atoms. The van der Waals surface area contributed by atoms with Crippen molar-refractivity contribution in [2.75, 3.05) is 45.1 Å². The zero-order valence-electron chi connectivity index (χ0n) is 18.7. The van der Waals surface area contributed by atoms with E-state index in [1.807, 2.05) is 24.3 Å². The summed E-state index contributed by atoms with van der Waals surface area (Å²) in [6.07, 6.45) is 6.51. The predicted octanol–water partition coefficient (Wildman–Crippen LogP) is 2.88. The van der Waals surface area contributed by atoms with E-state index in [1.54, 1.807) is 44.8 Å². The smallest absolute Gasteiger partial charge is 0.244 e. The molecule has 0 saturated heterocycles. The van der Waals surface area contributed by atoms with Gasteiger partial charge in [0.25, 0.3) is 0 Å². The number of aromatic nitrogens is 3. The zero-order chi connectivity index (χ0) is 23.5. The van der Waals surface area contributed by atoms with Gasteiger partial charge in [0.05, 0.1) is 21.3 Å². The topological polar surface area (TPSA) is 120 Å². The van der Waals surface area contributed by atoms with Crippen LogP contribution >= 0.6 is 0 Å². The summed E-state index contributed by atoms with van der Waals surface area (Å²) in [5, 5.41) is 17.3. The molecular formula is C23H26N6O4. The molecule has 0 aliphatic heterocycles. The van der Waals surface area contributed by atoms with E-state index in [1.165, 1.54) is 13.2 Å². The number of nitrogens with zero attached hydrogens (tertiary/aromatic N) is 3. The molecule has 2 aromatic heterocycles. The SMILES string of the molecule is COc1cc(/C=C/C(=O)NCCNc2ccc(Nc3ccncc3)nn2)cc(OC)c1OC. The van der Waals surface area contributed by atoms with E-state index in [9.17, 15) is 4.79 Å². The van der Waals surface area contributed by atoms with Gasteiger partial charge < -0.3 is 30.2 Å². The fourth-order valence-electron chi connectivity index (χ4n) is 2.88. The van der Waals surface area contributed by atoms with Crippen LogP contribution in [0.5, 0.6) is 17.2 Å². The summed E-state index contributed by atoms with van der Waals surface area (Å²) in [5.74, 6) is 2.54. The molecule has 3 aromatic rings. The van der Waals surface area contributed by atoms with Crippen LogP contribution in [0.15, 0.2) is 54.9 Å². The first-order valence-corrected chi connectivity index (χ1v) is 10.1. The summed E-state index contributed by atoms with van der Waals surface area (Å²) in [6.45, 7) is 0.909. The number of nitrogens with one attached hydrogen (secondary N) is 3. The molecule has 1 aromatic carbocycles. The largest absolute Gasteiger partial charge is 0.493 e. The van der Waals surface area contributed by atoms with E-state index in [-0.39, 0.29) is 5.91 Å². The van der Waals surface area contributed by atoms with Gasteiger partial charge in [-0.15, -0.1) is 10.2 Å². The van der Waals surface area contributed by atoms with Crippen molar-refractivity contribution in [1.29, 1.82) is 0 Å². The van der Waals surface area contributed by atoms with Crippen molar-refractivity contribution in [1.82, 2.24) is 20.5 Å². The first kappa shape index (κ1) is 23.3. The molecular weight excluding hydrogens is 424 g/mol. The number of hydrogen-bond donors (Lipinski definition) is 3. The average Bonchev–Trinajstić information content (AvgIpc) is 2.86. The lowest BCUT2D eigenvalue weighted by molar-refractivity contribution is -0.116. The summed E-state index contributed by atoms with van der Waals surface area (Å²) in [5.41, 5.74) is 1.62. The van der Waals surface area contributed by atoms with Gasteiger partial charge in [-0.05, 0) is 48.0 Å². The summed E-state index contributed by atoms with van der Waals surface area (Å²) in [4.78, 5) is 16.1. The summed E-state index contributed by atoms with van der Waals surface area (Å²) < 4.78 is 15.9. The Morgan fingerprint density at radius 3 is 2.18 bits per heavy atom. The fourth-order valence-corrected chi connectivity index (χ4v) is 2.88. The molecule has 2 heterocycles. The Labute approximate surface area is 192 Å². The molecule has 0 saturated carbocycles. The maximum atomic E-state index is 12.1. The van der Waals surface area contributed by atoms with Crippen LogP contribution in [0.1, 0.15) is 5.56 Å². The molecule has 0 aliphatic carbocycles. The van der Waals surface area contributed by atoms with E-state index in [4.69, 9.17) is 14.2 Å². The molecule has 3 N–H and O–H groups in total. The van der Waals surface area contributed by atoms with Crippen LogP contribution in [0.25, 0.3) is 6.08 Å². The molecule has 10 heteroatoms. The third kappa shape index (κ3) is 6.82.